The van der Waals surface area contributed by atoms with Crippen molar-refractivity contribution in [3.63, 3.8) is 0 Å². The number of carbonyl (C=O) groups excluding carboxylic acids is 3. The van der Waals surface area contributed by atoms with Crippen LogP contribution in [0.4, 0.5) is 0 Å². The Kier molecular flexibility index (Phi) is 7.10. The van der Waals surface area contributed by atoms with Gasteiger partial charge in [-0.3, -0.25) is 9.59 Å². The zero-order valence-electron chi connectivity index (χ0n) is 20.3. The van der Waals surface area contributed by atoms with E-state index >= 15 is 0 Å². The summed E-state index contributed by atoms with van der Waals surface area (Å²) in [6.45, 7) is 3.71. The topological polar surface area (TPSA) is 90.9 Å². The fraction of sp³-hybridized carbons (Fsp3) is 0.519. The first-order chi connectivity index (χ1) is 16.4. The SMILES string of the molecule is COC(=O)C1C(=O)C2=C(CC1C)NC(C)=C(C(=O)OC1CCCCC1)C2c1ccccc1OC. The molecule has 0 amide bonds. The number of rotatable bonds is 5. The minimum Gasteiger partial charge on any atom is -0.496 e. The standard InChI is InChI=1S/C27H33NO6/c1-15-14-19-24(25(29)21(15)26(30)33-4)23(18-12-8-9-13-20(18)32-3)22(16(2)28-19)27(31)34-17-10-6-5-7-11-17/h8-9,12-13,15,17,21,23,28H,5-7,10-11,14H2,1-4H3. The summed E-state index contributed by atoms with van der Waals surface area (Å²) in [7, 11) is 2.86. The first-order valence-corrected chi connectivity index (χ1v) is 12.0. The van der Waals surface area contributed by atoms with Crippen LogP contribution in [0.3, 0.4) is 0 Å². The van der Waals surface area contributed by atoms with Crippen LogP contribution in [0.1, 0.15) is 63.9 Å². The van der Waals surface area contributed by atoms with Crippen LogP contribution in [0.15, 0.2) is 46.8 Å². The number of hydrogen-bond acceptors (Lipinski definition) is 7. The molecule has 0 radical (unpaired) electrons. The molecule has 0 spiro atoms. The smallest absolute Gasteiger partial charge is 0.337 e. The predicted molar refractivity (Wildman–Crippen MR) is 126 cm³/mol. The third kappa shape index (κ3) is 4.36. The Balaban J connectivity index is 1.82. The summed E-state index contributed by atoms with van der Waals surface area (Å²) in [5, 5.41) is 3.31. The number of nitrogens with one attached hydrogen (secondary N) is 1. The lowest BCUT2D eigenvalue weighted by atomic mass is 9.69. The number of para-hydroxylation sites is 1. The molecule has 0 bridgehead atoms. The number of dihydropyridines is 1. The molecule has 0 saturated heterocycles. The molecule has 1 N–H and O–H groups in total. The summed E-state index contributed by atoms with van der Waals surface area (Å²) in [5.41, 5.74) is 2.90. The zero-order chi connectivity index (χ0) is 24.4. The Bertz CT molecular complexity index is 1050. The monoisotopic (exact) mass is 467 g/mol. The van der Waals surface area contributed by atoms with Gasteiger partial charge in [-0.15, -0.1) is 0 Å². The lowest BCUT2D eigenvalue weighted by molar-refractivity contribution is -0.151. The van der Waals surface area contributed by atoms with Gasteiger partial charge < -0.3 is 19.5 Å². The molecule has 1 aliphatic heterocycles. The van der Waals surface area contributed by atoms with Crippen LogP contribution in [-0.2, 0) is 23.9 Å². The van der Waals surface area contributed by atoms with Crippen LogP contribution >= 0.6 is 0 Å². The normalized spacial score (nSPS) is 25.4. The second kappa shape index (κ2) is 10.0. The highest BCUT2D eigenvalue weighted by Gasteiger charge is 2.48. The van der Waals surface area contributed by atoms with E-state index in [4.69, 9.17) is 14.2 Å². The number of esters is 2. The van der Waals surface area contributed by atoms with Gasteiger partial charge >= 0.3 is 11.9 Å². The van der Waals surface area contributed by atoms with Crippen molar-refractivity contribution in [3.8, 4) is 5.75 Å². The lowest BCUT2D eigenvalue weighted by Crippen LogP contribution is -2.43. The molecule has 3 aliphatic rings. The van der Waals surface area contributed by atoms with E-state index in [1.807, 2.05) is 38.1 Å². The maximum absolute atomic E-state index is 13.8. The van der Waals surface area contributed by atoms with E-state index in [1.165, 1.54) is 7.11 Å². The van der Waals surface area contributed by atoms with Crippen molar-refractivity contribution in [2.45, 2.75) is 64.4 Å². The summed E-state index contributed by atoms with van der Waals surface area (Å²) in [6, 6.07) is 7.37. The predicted octanol–water partition coefficient (Wildman–Crippen LogP) is 4.18. The van der Waals surface area contributed by atoms with Gasteiger partial charge in [-0.25, -0.2) is 4.79 Å². The number of carbonyl (C=O) groups is 3. The first-order valence-electron chi connectivity index (χ1n) is 12.0. The summed E-state index contributed by atoms with van der Waals surface area (Å²) in [4.78, 5) is 40.0. The summed E-state index contributed by atoms with van der Waals surface area (Å²) in [5.74, 6) is -2.58. The molecule has 0 aromatic heterocycles. The highest BCUT2D eigenvalue weighted by Crippen LogP contribution is 2.47. The molecular formula is C27H33NO6. The first kappa shape index (κ1) is 24.0. The molecule has 7 nitrogen and oxygen atoms in total. The van der Waals surface area contributed by atoms with E-state index in [2.05, 4.69) is 5.32 Å². The maximum atomic E-state index is 13.8. The fourth-order valence-corrected chi connectivity index (χ4v) is 5.56. The van der Waals surface area contributed by atoms with Crippen molar-refractivity contribution in [2.75, 3.05) is 14.2 Å². The van der Waals surface area contributed by atoms with Gasteiger partial charge in [0.15, 0.2) is 5.78 Å². The quantitative estimate of drug-likeness (QED) is 0.513. The van der Waals surface area contributed by atoms with Gasteiger partial charge in [0.25, 0.3) is 0 Å². The summed E-state index contributed by atoms with van der Waals surface area (Å²) in [6.07, 6.45) is 5.29. The molecule has 1 fully saturated rings. The number of ether oxygens (including phenoxy) is 3. The average molecular weight is 468 g/mol. The van der Waals surface area contributed by atoms with Crippen LogP contribution in [0, 0.1) is 11.8 Å². The molecular weight excluding hydrogens is 434 g/mol. The molecule has 1 aromatic rings. The molecule has 3 atom stereocenters. The molecule has 2 aliphatic carbocycles. The number of Topliss-reactive ketones (excluding diaryl/α,β-unsaturated/α-hetero) is 1. The third-order valence-corrected chi connectivity index (χ3v) is 7.24. The maximum Gasteiger partial charge on any atom is 0.337 e. The molecule has 182 valence electrons. The second-order valence-corrected chi connectivity index (χ2v) is 9.44. The van der Waals surface area contributed by atoms with Crippen molar-refractivity contribution in [2.24, 2.45) is 11.8 Å². The van der Waals surface area contributed by atoms with Crippen molar-refractivity contribution < 1.29 is 28.6 Å². The van der Waals surface area contributed by atoms with Crippen LogP contribution < -0.4 is 10.1 Å². The molecule has 1 aromatic carbocycles. The minimum absolute atomic E-state index is 0.125. The van der Waals surface area contributed by atoms with Gasteiger partial charge in [0.1, 0.15) is 17.8 Å². The Hall–Kier alpha value is -3.09. The minimum atomic E-state index is -0.920. The Morgan fingerprint density at radius 3 is 2.44 bits per heavy atom. The van der Waals surface area contributed by atoms with Gasteiger partial charge in [-0.05, 0) is 51.0 Å². The van der Waals surface area contributed by atoms with Gasteiger partial charge in [0.05, 0.1) is 25.7 Å². The van der Waals surface area contributed by atoms with E-state index in [1.54, 1.807) is 7.11 Å². The number of benzene rings is 1. The lowest BCUT2D eigenvalue weighted by Gasteiger charge is -2.38. The number of methoxy groups -OCH3 is 2. The van der Waals surface area contributed by atoms with Gasteiger partial charge in [-0.2, -0.15) is 0 Å². The van der Waals surface area contributed by atoms with E-state index in [9.17, 15) is 14.4 Å². The highest BCUT2D eigenvalue weighted by molar-refractivity contribution is 6.12. The zero-order valence-corrected chi connectivity index (χ0v) is 20.3. The van der Waals surface area contributed by atoms with Crippen LogP contribution in [0.2, 0.25) is 0 Å². The summed E-state index contributed by atoms with van der Waals surface area (Å²) >= 11 is 0. The van der Waals surface area contributed by atoms with Gasteiger partial charge in [0, 0.05) is 22.5 Å². The molecule has 1 saturated carbocycles. The number of hydrogen-bond donors (Lipinski definition) is 1. The number of ketones is 1. The van der Waals surface area contributed by atoms with Crippen LogP contribution in [0.25, 0.3) is 0 Å². The number of allylic oxidation sites excluding steroid dienone is 3. The van der Waals surface area contributed by atoms with E-state index in [-0.39, 0.29) is 17.8 Å². The second-order valence-electron chi connectivity index (χ2n) is 9.44. The van der Waals surface area contributed by atoms with Crippen molar-refractivity contribution >= 4 is 17.7 Å². The van der Waals surface area contributed by atoms with Crippen molar-refractivity contribution in [1.82, 2.24) is 5.32 Å². The van der Waals surface area contributed by atoms with Gasteiger partial charge in [0.2, 0.25) is 0 Å². The van der Waals surface area contributed by atoms with E-state index in [0.717, 1.165) is 37.8 Å². The van der Waals surface area contributed by atoms with E-state index < -0.39 is 23.8 Å². The van der Waals surface area contributed by atoms with E-state index in [0.29, 0.717) is 34.6 Å². The highest BCUT2D eigenvalue weighted by atomic mass is 16.5. The largest absolute Gasteiger partial charge is 0.496 e. The summed E-state index contributed by atoms with van der Waals surface area (Å²) < 4.78 is 16.5. The molecule has 34 heavy (non-hydrogen) atoms. The fourth-order valence-electron chi connectivity index (χ4n) is 5.56. The van der Waals surface area contributed by atoms with Crippen LogP contribution in [0.5, 0.6) is 5.75 Å². The van der Waals surface area contributed by atoms with Crippen molar-refractivity contribution in [3.05, 3.63) is 52.4 Å². The van der Waals surface area contributed by atoms with Gasteiger partial charge in [-0.1, -0.05) is 31.5 Å². The molecule has 1 heterocycles. The third-order valence-electron chi connectivity index (χ3n) is 7.24. The average Bonchev–Trinajstić information content (AvgIpc) is 2.83. The Labute approximate surface area is 200 Å². The van der Waals surface area contributed by atoms with Crippen molar-refractivity contribution in [1.29, 1.82) is 0 Å². The Morgan fingerprint density at radius 2 is 1.76 bits per heavy atom. The molecule has 7 heteroatoms. The molecule has 4 rings (SSSR count). The Morgan fingerprint density at radius 1 is 1.06 bits per heavy atom. The van der Waals surface area contributed by atoms with Crippen LogP contribution in [-0.4, -0.2) is 38.0 Å². The molecule has 3 unspecified atom stereocenters.